The summed E-state index contributed by atoms with van der Waals surface area (Å²) in [6.07, 6.45) is 4.41. The van der Waals surface area contributed by atoms with E-state index >= 15 is 0 Å². The molecule has 0 aromatic heterocycles. The third kappa shape index (κ3) is 1.58. The average molecular weight is 141 g/mol. The minimum Gasteiger partial charge on any atom is -0.391 e. The van der Waals surface area contributed by atoms with E-state index in [1.165, 1.54) is 0 Å². The van der Waals surface area contributed by atoms with Crippen molar-refractivity contribution in [3.8, 4) is 0 Å². The van der Waals surface area contributed by atoms with E-state index in [-0.39, 0.29) is 12.1 Å². The fourth-order valence-electron chi connectivity index (χ4n) is 1.42. The molecule has 0 amide bonds. The number of aliphatic hydroxyl groups excluding tert-OH is 1. The first-order valence-electron chi connectivity index (χ1n) is 3.80. The molecule has 3 atom stereocenters. The van der Waals surface area contributed by atoms with Gasteiger partial charge in [0, 0.05) is 6.04 Å². The smallest absolute Gasteiger partial charge is 0.0696 e. The third-order valence-electron chi connectivity index (χ3n) is 2.24. The van der Waals surface area contributed by atoms with Crippen molar-refractivity contribution in [1.29, 1.82) is 0 Å². The van der Waals surface area contributed by atoms with Crippen LogP contribution >= 0.6 is 0 Å². The molecule has 0 unspecified atom stereocenters. The molecule has 3 N–H and O–H groups in total. The first kappa shape index (κ1) is 7.76. The van der Waals surface area contributed by atoms with Crippen LogP contribution in [-0.4, -0.2) is 17.3 Å². The van der Waals surface area contributed by atoms with Crippen molar-refractivity contribution < 1.29 is 5.11 Å². The minimum atomic E-state index is -0.309. The molecule has 2 heteroatoms. The maximum atomic E-state index is 9.31. The molecule has 58 valence electrons. The zero-order chi connectivity index (χ0) is 7.56. The molecular formula is C8H15NO. The lowest BCUT2D eigenvalue weighted by Gasteiger charge is -2.28. The Hall–Kier alpha value is -0.340. The van der Waals surface area contributed by atoms with Gasteiger partial charge in [0.1, 0.15) is 0 Å². The van der Waals surface area contributed by atoms with Crippen LogP contribution in [0.25, 0.3) is 0 Å². The van der Waals surface area contributed by atoms with Crippen LogP contribution in [-0.2, 0) is 0 Å². The zero-order valence-electron chi connectivity index (χ0n) is 6.16. The van der Waals surface area contributed by atoms with Crippen molar-refractivity contribution in [1.82, 2.24) is 0 Å². The number of hydrogen-bond acceptors (Lipinski definition) is 2. The van der Waals surface area contributed by atoms with Gasteiger partial charge in [0.05, 0.1) is 6.10 Å². The minimum absolute atomic E-state index is 0.00352. The Kier molecular flexibility index (Phi) is 2.46. The Labute approximate surface area is 61.7 Å². The maximum absolute atomic E-state index is 9.31. The predicted octanol–water partition coefficient (Wildman–Crippen LogP) is 0.661. The number of hydrogen-bond donors (Lipinski definition) is 2. The molecule has 0 saturated heterocycles. The van der Waals surface area contributed by atoms with Crippen molar-refractivity contribution in [2.24, 2.45) is 11.7 Å². The summed E-state index contributed by atoms with van der Waals surface area (Å²) in [6, 6.07) is -0.00352. The van der Waals surface area contributed by atoms with Crippen molar-refractivity contribution in [2.45, 2.75) is 31.4 Å². The highest BCUT2D eigenvalue weighted by atomic mass is 16.3. The summed E-state index contributed by atoms with van der Waals surface area (Å²) in [7, 11) is 0. The summed E-state index contributed by atoms with van der Waals surface area (Å²) in [6.45, 7) is 3.69. The van der Waals surface area contributed by atoms with Gasteiger partial charge in [-0.3, -0.25) is 0 Å². The topological polar surface area (TPSA) is 46.2 Å². The van der Waals surface area contributed by atoms with Crippen LogP contribution in [0, 0.1) is 5.92 Å². The van der Waals surface area contributed by atoms with Gasteiger partial charge in [-0.05, 0) is 25.2 Å². The van der Waals surface area contributed by atoms with E-state index in [1.54, 1.807) is 0 Å². The van der Waals surface area contributed by atoms with Crippen LogP contribution < -0.4 is 5.73 Å². The van der Waals surface area contributed by atoms with Gasteiger partial charge < -0.3 is 10.8 Å². The molecular weight excluding hydrogens is 126 g/mol. The number of nitrogens with two attached hydrogens (primary N) is 1. The van der Waals surface area contributed by atoms with Crippen LogP contribution in [0.15, 0.2) is 12.7 Å². The van der Waals surface area contributed by atoms with Crippen LogP contribution in [0.4, 0.5) is 0 Å². The molecule has 0 aromatic rings. The van der Waals surface area contributed by atoms with Gasteiger partial charge in [0.2, 0.25) is 0 Å². The lowest BCUT2D eigenvalue weighted by atomic mass is 9.84. The quantitative estimate of drug-likeness (QED) is 0.527. The van der Waals surface area contributed by atoms with Gasteiger partial charge in [0.25, 0.3) is 0 Å². The lowest BCUT2D eigenvalue weighted by molar-refractivity contribution is 0.0921. The Bertz CT molecular complexity index is 124. The first-order valence-corrected chi connectivity index (χ1v) is 3.80. The first-order chi connectivity index (χ1) is 4.74. The van der Waals surface area contributed by atoms with E-state index in [9.17, 15) is 5.11 Å². The van der Waals surface area contributed by atoms with Crippen molar-refractivity contribution in [2.75, 3.05) is 0 Å². The molecule has 0 spiro atoms. The number of allylic oxidation sites excluding steroid dienone is 1. The summed E-state index contributed by atoms with van der Waals surface area (Å²) < 4.78 is 0. The molecule has 1 saturated carbocycles. The van der Waals surface area contributed by atoms with E-state index in [0.29, 0.717) is 5.92 Å². The van der Waals surface area contributed by atoms with Gasteiger partial charge in [-0.15, -0.1) is 6.58 Å². The SMILES string of the molecule is C=C[C@@H]1CC[C@@H](N)[C@@H](O)C1. The van der Waals surface area contributed by atoms with Gasteiger partial charge in [-0.1, -0.05) is 6.08 Å². The van der Waals surface area contributed by atoms with Gasteiger partial charge in [0.15, 0.2) is 0 Å². The standard InChI is InChI=1S/C8H15NO/c1-2-6-3-4-7(9)8(10)5-6/h2,6-8,10H,1,3-5,9H2/t6-,7-,8+/m1/s1. The Morgan fingerprint density at radius 1 is 1.50 bits per heavy atom. The van der Waals surface area contributed by atoms with Gasteiger partial charge in [-0.25, -0.2) is 0 Å². The van der Waals surface area contributed by atoms with Gasteiger partial charge >= 0.3 is 0 Å². The Balaban J connectivity index is 2.40. The van der Waals surface area contributed by atoms with E-state index < -0.39 is 0 Å². The fourth-order valence-corrected chi connectivity index (χ4v) is 1.42. The molecule has 0 aliphatic heterocycles. The van der Waals surface area contributed by atoms with Gasteiger partial charge in [-0.2, -0.15) is 0 Å². The number of aliphatic hydroxyl groups is 1. The zero-order valence-corrected chi connectivity index (χ0v) is 6.16. The van der Waals surface area contributed by atoms with Crippen molar-refractivity contribution in [3.05, 3.63) is 12.7 Å². The summed E-state index contributed by atoms with van der Waals surface area (Å²) in [5, 5.41) is 9.31. The second kappa shape index (κ2) is 3.17. The number of rotatable bonds is 1. The molecule has 1 rings (SSSR count). The summed E-state index contributed by atoms with van der Waals surface area (Å²) in [5.41, 5.74) is 5.61. The highest BCUT2D eigenvalue weighted by Crippen LogP contribution is 2.23. The largest absolute Gasteiger partial charge is 0.391 e. The highest BCUT2D eigenvalue weighted by Gasteiger charge is 2.24. The molecule has 1 aliphatic carbocycles. The highest BCUT2D eigenvalue weighted by molar-refractivity contribution is 4.89. The van der Waals surface area contributed by atoms with E-state index in [0.717, 1.165) is 19.3 Å². The molecule has 1 fully saturated rings. The molecule has 0 heterocycles. The van der Waals surface area contributed by atoms with E-state index in [4.69, 9.17) is 5.73 Å². The summed E-state index contributed by atoms with van der Waals surface area (Å²) in [5.74, 6) is 0.481. The summed E-state index contributed by atoms with van der Waals surface area (Å²) in [4.78, 5) is 0. The third-order valence-corrected chi connectivity index (χ3v) is 2.24. The van der Waals surface area contributed by atoms with E-state index in [2.05, 4.69) is 6.58 Å². The average Bonchev–Trinajstić information content (AvgIpc) is 1.95. The normalized spacial score (nSPS) is 41.2. The van der Waals surface area contributed by atoms with Crippen LogP contribution in [0.5, 0.6) is 0 Å². The lowest BCUT2D eigenvalue weighted by Crippen LogP contribution is -2.39. The molecule has 10 heavy (non-hydrogen) atoms. The Morgan fingerprint density at radius 2 is 2.20 bits per heavy atom. The molecule has 1 aliphatic rings. The fraction of sp³-hybridized carbons (Fsp3) is 0.750. The van der Waals surface area contributed by atoms with Crippen molar-refractivity contribution >= 4 is 0 Å². The maximum Gasteiger partial charge on any atom is 0.0696 e. The molecule has 0 aromatic carbocycles. The molecule has 2 nitrogen and oxygen atoms in total. The second-order valence-corrected chi connectivity index (χ2v) is 3.04. The molecule has 0 radical (unpaired) electrons. The van der Waals surface area contributed by atoms with Crippen LogP contribution in [0.1, 0.15) is 19.3 Å². The Morgan fingerprint density at radius 3 is 2.70 bits per heavy atom. The summed E-state index contributed by atoms with van der Waals surface area (Å²) >= 11 is 0. The van der Waals surface area contributed by atoms with Crippen LogP contribution in [0.2, 0.25) is 0 Å². The second-order valence-electron chi connectivity index (χ2n) is 3.04. The molecule has 0 bridgehead atoms. The van der Waals surface area contributed by atoms with E-state index in [1.807, 2.05) is 6.08 Å². The van der Waals surface area contributed by atoms with Crippen molar-refractivity contribution in [3.63, 3.8) is 0 Å². The van der Waals surface area contributed by atoms with Crippen LogP contribution in [0.3, 0.4) is 0 Å². The predicted molar refractivity (Wildman–Crippen MR) is 41.5 cm³/mol. The monoisotopic (exact) mass is 141 g/mol.